The van der Waals surface area contributed by atoms with Crippen molar-refractivity contribution in [3.8, 4) is 11.1 Å². The van der Waals surface area contributed by atoms with Crippen LogP contribution in [0.4, 0.5) is 4.39 Å². The number of rotatable bonds is 4. The molecular weight excluding hydrogens is 241 g/mol. The Hall–Kier alpha value is -1.68. The fourth-order valence-electron chi connectivity index (χ4n) is 2.05. The van der Waals surface area contributed by atoms with Gasteiger partial charge in [-0.25, -0.2) is 4.39 Å². The summed E-state index contributed by atoms with van der Waals surface area (Å²) < 4.78 is 15.3. The van der Waals surface area contributed by atoms with Crippen LogP contribution in [0.5, 0.6) is 0 Å². The summed E-state index contributed by atoms with van der Waals surface area (Å²) in [6.45, 7) is 6.83. The van der Waals surface area contributed by atoms with Gasteiger partial charge in [0.05, 0.1) is 6.20 Å². The Labute approximate surface area is 113 Å². The molecule has 0 spiro atoms. The highest BCUT2D eigenvalue weighted by Crippen LogP contribution is 2.27. The first-order valence-corrected chi connectivity index (χ1v) is 6.50. The van der Waals surface area contributed by atoms with Gasteiger partial charge < -0.3 is 5.32 Å². The second-order valence-corrected chi connectivity index (χ2v) is 5.10. The molecule has 1 N–H and O–H groups in total. The van der Waals surface area contributed by atoms with Crippen molar-refractivity contribution >= 4 is 0 Å². The number of hydrogen-bond donors (Lipinski definition) is 1. The third-order valence-electron chi connectivity index (χ3n) is 3.29. The average molecular weight is 261 g/mol. The number of hydrogen-bond acceptors (Lipinski definition) is 2. The van der Waals surface area contributed by atoms with E-state index >= 15 is 0 Å². The number of nitrogens with zero attached hydrogens (tertiary/aromatic N) is 2. The third kappa shape index (κ3) is 3.01. The highest BCUT2D eigenvalue weighted by atomic mass is 19.1. The van der Waals surface area contributed by atoms with Crippen molar-refractivity contribution in [2.45, 2.75) is 33.4 Å². The van der Waals surface area contributed by atoms with Crippen LogP contribution in [-0.4, -0.2) is 15.8 Å². The zero-order chi connectivity index (χ0) is 14.0. The van der Waals surface area contributed by atoms with Crippen molar-refractivity contribution < 1.29 is 4.39 Å². The van der Waals surface area contributed by atoms with Gasteiger partial charge in [0, 0.05) is 30.9 Å². The molecule has 2 aromatic rings. The van der Waals surface area contributed by atoms with Gasteiger partial charge >= 0.3 is 0 Å². The van der Waals surface area contributed by atoms with Gasteiger partial charge in [-0.15, -0.1) is 0 Å². The first kappa shape index (κ1) is 13.7. The summed E-state index contributed by atoms with van der Waals surface area (Å²) in [4.78, 5) is 0. The molecule has 0 bridgehead atoms. The maximum Gasteiger partial charge on any atom is 0.123 e. The molecule has 0 saturated carbocycles. The van der Waals surface area contributed by atoms with E-state index in [-0.39, 0.29) is 5.82 Å². The summed E-state index contributed by atoms with van der Waals surface area (Å²) in [6.07, 6.45) is 1.83. The van der Waals surface area contributed by atoms with Crippen molar-refractivity contribution in [1.82, 2.24) is 15.1 Å². The fraction of sp³-hybridized carbons (Fsp3) is 0.400. The van der Waals surface area contributed by atoms with Crippen molar-refractivity contribution in [3.63, 3.8) is 0 Å². The van der Waals surface area contributed by atoms with E-state index in [1.165, 1.54) is 6.07 Å². The molecule has 0 aliphatic heterocycles. The van der Waals surface area contributed by atoms with Crippen molar-refractivity contribution in [1.29, 1.82) is 0 Å². The summed E-state index contributed by atoms with van der Waals surface area (Å²) in [5.74, 6) is -0.203. The lowest BCUT2D eigenvalue weighted by atomic mass is 10.00. The van der Waals surface area contributed by atoms with Gasteiger partial charge in [-0.3, -0.25) is 4.68 Å². The topological polar surface area (TPSA) is 29.9 Å². The summed E-state index contributed by atoms with van der Waals surface area (Å²) in [5, 5.41) is 7.59. The van der Waals surface area contributed by atoms with E-state index in [1.54, 1.807) is 6.07 Å². The van der Waals surface area contributed by atoms with Gasteiger partial charge in [-0.05, 0) is 30.2 Å². The number of benzene rings is 1. The molecule has 102 valence electrons. The average Bonchev–Trinajstić information content (AvgIpc) is 2.68. The highest BCUT2D eigenvalue weighted by Gasteiger charge is 2.12. The number of halogens is 1. The zero-order valence-electron chi connectivity index (χ0n) is 11.9. The Balaban J connectivity index is 2.42. The molecular formula is C15H20FN3. The normalized spacial score (nSPS) is 11.3. The summed E-state index contributed by atoms with van der Waals surface area (Å²) in [5.41, 5.74) is 4.14. The quantitative estimate of drug-likeness (QED) is 0.916. The van der Waals surface area contributed by atoms with Crippen LogP contribution in [0.3, 0.4) is 0 Å². The van der Waals surface area contributed by atoms with Crippen LogP contribution in [0.2, 0.25) is 0 Å². The lowest BCUT2D eigenvalue weighted by molar-refractivity contribution is 0.582. The van der Waals surface area contributed by atoms with Crippen LogP contribution in [0.15, 0.2) is 24.4 Å². The monoisotopic (exact) mass is 261 g/mol. The minimum Gasteiger partial charge on any atom is -0.310 e. The molecule has 0 fully saturated rings. The van der Waals surface area contributed by atoms with E-state index in [0.717, 1.165) is 22.4 Å². The Morgan fingerprint density at radius 2 is 2.05 bits per heavy atom. The smallest absolute Gasteiger partial charge is 0.123 e. The molecule has 4 heteroatoms. The highest BCUT2D eigenvalue weighted by molar-refractivity contribution is 5.69. The van der Waals surface area contributed by atoms with Gasteiger partial charge in [0.2, 0.25) is 0 Å². The molecule has 3 nitrogen and oxygen atoms in total. The van der Waals surface area contributed by atoms with E-state index in [2.05, 4.69) is 24.3 Å². The molecule has 2 rings (SSSR count). The van der Waals surface area contributed by atoms with Crippen LogP contribution in [0, 0.1) is 12.7 Å². The first-order valence-electron chi connectivity index (χ1n) is 6.50. The zero-order valence-corrected chi connectivity index (χ0v) is 11.9. The molecule has 0 amide bonds. The van der Waals surface area contributed by atoms with E-state index < -0.39 is 0 Å². The maximum absolute atomic E-state index is 13.4. The Morgan fingerprint density at radius 1 is 1.32 bits per heavy atom. The summed E-state index contributed by atoms with van der Waals surface area (Å²) in [7, 11) is 1.91. The number of aryl methyl sites for hydroxylation is 1. The molecule has 1 aromatic heterocycles. The van der Waals surface area contributed by atoms with Crippen LogP contribution in [0.25, 0.3) is 11.1 Å². The summed E-state index contributed by atoms with van der Waals surface area (Å²) in [6, 6.07) is 5.29. The molecule has 0 radical (unpaired) electrons. The molecule has 1 aromatic carbocycles. The molecule has 0 atom stereocenters. The molecule has 0 saturated heterocycles. The summed E-state index contributed by atoms with van der Waals surface area (Å²) >= 11 is 0. The van der Waals surface area contributed by atoms with Gasteiger partial charge in [-0.2, -0.15) is 5.10 Å². The van der Waals surface area contributed by atoms with E-state index in [0.29, 0.717) is 12.6 Å². The van der Waals surface area contributed by atoms with Crippen molar-refractivity contribution in [3.05, 3.63) is 41.5 Å². The first-order chi connectivity index (χ1) is 8.99. The van der Waals surface area contributed by atoms with Crippen molar-refractivity contribution in [2.24, 2.45) is 7.05 Å². The minimum atomic E-state index is -0.203. The second kappa shape index (κ2) is 5.53. The molecule has 0 unspecified atom stereocenters. The lowest BCUT2D eigenvalue weighted by Gasteiger charge is -2.13. The standard InChI is InChI=1S/C15H20FN3/c1-10(2)17-8-12-7-13(16)5-6-14(12)15-9-18-19(4)11(15)3/h5-7,9-10,17H,8H2,1-4H3. The largest absolute Gasteiger partial charge is 0.310 e. The van der Waals surface area contributed by atoms with E-state index in [1.807, 2.05) is 30.9 Å². The maximum atomic E-state index is 13.4. The van der Waals surface area contributed by atoms with Gasteiger partial charge in [-0.1, -0.05) is 19.9 Å². The van der Waals surface area contributed by atoms with Crippen LogP contribution in [-0.2, 0) is 13.6 Å². The van der Waals surface area contributed by atoms with Crippen LogP contribution >= 0.6 is 0 Å². The lowest BCUT2D eigenvalue weighted by Crippen LogP contribution is -2.22. The van der Waals surface area contributed by atoms with Crippen LogP contribution in [0.1, 0.15) is 25.1 Å². The molecule has 19 heavy (non-hydrogen) atoms. The molecule has 0 aliphatic carbocycles. The number of nitrogens with one attached hydrogen (secondary N) is 1. The van der Waals surface area contributed by atoms with E-state index in [9.17, 15) is 4.39 Å². The Kier molecular flexibility index (Phi) is 4.00. The van der Waals surface area contributed by atoms with Gasteiger partial charge in [0.25, 0.3) is 0 Å². The second-order valence-electron chi connectivity index (χ2n) is 5.10. The van der Waals surface area contributed by atoms with Crippen molar-refractivity contribution in [2.75, 3.05) is 0 Å². The fourth-order valence-corrected chi connectivity index (χ4v) is 2.05. The van der Waals surface area contributed by atoms with Gasteiger partial charge in [0.15, 0.2) is 0 Å². The SMILES string of the molecule is Cc1c(-c2ccc(F)cc2CNC(C)C)cnn1C. The van der Waals surface area contributed by atoms with E-state index in [4.69, 9.17) is 0 Å². The Bertz CT molecular complexity index is 573. The Morgan fingerprint density at radius 3 is 2.63 bits per heavy atom. The minimum absolute atomic E-state index is 0.203. The number of aromatic nitrogens is 2. The third-order valence-corrected chi connectivity index (χ3v) is 3.29. The predicted molar refractivity (Wildman–Crippen MR) is 75.3 cm³/mol. The molecule has 1 heterocycles. The molecule has 0 aliphatic rings. The van der Waals surface area contributed by atoms with Crippen LogP contribution < -0.4 is 5.32 Å². The van der Waals surface area contributed by atoms with Gasteiger partial charge in [0.1, 0.15) is 5.82 Å². The predicted octanol–water partition coefficient (Wildman–Crippen LogP) is 3.03.